The number of benzene rings is 1. The van der Waals surface area contributed by atoms with Crippen LogP contribution in [0.1, 0.15) is 50.8 Å². The Labute approximate surface area is 168 Å². The molecule has 1 spiro atoms. The Morgan fingerprint density at radius 3 is 2.52 bits per heavy atom. The van der Waals surface area contributed by atoms with Crippen molar-refractivity contribution in [1.82, 2.24) is 10.0 Å². The van der Waals surface area contributed by atoms with Gasteiger partial charge in [0.05, 0.1) is 0 Å². The molecule has 0 radical (unpaired) electrons. The van der Waals surface area contributed by atoms with Gasteiger partial charge in [-0.05, 0) is 46.0 Å². The summed E-state index contributed by atoms with van der Waals surface area (Å²) in [6.07, 6.45) is 1.80. The minimum absolute atomic E-state index is 0.0614. The summed E-state index contributed by atoms with van der Waals surface area (Å²) in [5, 5.41) is 3.41. The van der Waals surface area contributed by atoms with E-state index < -0.39 is 19.4 Å². The number of piperidine rings is 1. The van der Waals surface area contributed by atoms with E-state index in [1.807, 2.05) is 20.8 Å². The van der Waals surface area contributed by atoms with E-state index in [4.69, 9.17) is 4.74 Å². The number of fused-ring (bicyclic) bond motifs is 1. The maximum atomic E-state index is 12.8. The van der Waals surface area contributed by atoms with E-state index in [1.54, 1.807) is 0 Å². The molecule has 148 valence electrons. The van der Waals surface area contributed by atoms with Crippen molar-refractivity contribution in [1.29, 1.82) is 0 Å². The molecule has 0 amide bonds. The highest BCUT2D eigenvalue weighted by molar-refractivity contribution is 7.90. The number of nitrogens with one attached hydrogen (secondary N) is 2. The molecule has 4 nitrogen and oxygen atoms in total. The van der Waals surface area contributed by atoms with Crippen molar-refractivity contribution in [2.45, 2.75) is 69.6 Å². The summed E-state index contributed by atoms with van der Waals surface area (Å²) in [4.78, 5) is 0. The first kappa shape index (κ1) is 20.8. The molecule has 1 saturated heterocycles. The van der Waals surface area contributed by atoms with Gasteiger partial charge in [-0.3, -0.25) is 0 Å². The molecule has 2 aliphatic heterocycles. The van der Waals surface area contributed by atoms with Crippen LogP contribution in [0.4, 0.5) is 0 Å². The van der Waals surface area contributed by atoms with Gasteiger partial charge in [0.1, 0.15) is 30.2 Å². The summed E-state index contributed by atoms with van der Waals surface area (Å²) in [6, 6.07) is 6.18. The van der Waals surface area contributed by atoms with E-state index in [2.05, 4.69) is 59.3 Å². The molecule has 1 unspecified atom stereocenters. The van der Waals surface area contributed by atoms with Crippen molar-refractivity contribution < 1.29 is 9.29 Å². The predicted molar refractivity (Wildman–Crippen MR) is 116 cm³/mol. The summed E-state index contributed by atoms with van der Waals surface area (Å²) in [5.41, 5.74) is 5.19. The smallest absolute Gasteiger partial charge is 0.136 e. The molecule has 6 heteroatoms. The zero-order valence-electron chi connectivity index (χ0n) is 17.4. The van der Waals surface area contributed by atoms with Gasteiger partial charge in [-0.2, -0.15) is 0 Å². The molecule has 1 aromatic rings. The quantitative estimate of drug-likeness (QED) is 0.450. The lowest BCUT2D eigenvalue weighted by atomic mass is 9.83. The lowest BCUT2D eigenvalue weighted by Gasteiger charge is -2.39. The number of rotatable bonds is 2. The average molecular weight is 405 g/mol. The summed E-state index contributed by atoms with van der Waals surface area (Å²) in [5.74, 6) is 4.22. The minimum atomic E-state index is -1.42. The fourth-order valence-electron chi connectivity index (χ4n) is 3.46. The molecule has 1 fully saturated rings. The Morgan fingerprint density at radius 2 is 1.93 bits per heavy atom. The molecule has 2 N–H and O–H groups in total. The molecule has 0 saturated carbocycles. The fraction of sp³-hybridized carbons (Fsp3) is 0.619. The second-order valence-corrected chi connectivity index (χ2v) is 16.3. The molecule has 2 atom stereocenters. The highest BCUT2D eigenvalue weighted by Crippen LogP contribution is 2.48. The molecule has 0 bridgehead atoms. The van der Waals surface area contributed by atoms with Crippen LogP contribution in [0.3, 0.4) is 0 Å². The normalized spacial score (nSPS) is 22.6. The van der Waals surface area contributed by atoms with Gasteiger partial charge in [-0.25, -0.2) is 0 Å². The topological polar surface area (TPSA) is 56.3 Å². The molecule has 27 heavy (non-hydrogen) atoms. The van der Waals surface area contributed by atoms with Gasteiger partial charge in [-0.15, -0.1) is 10.3 Å². The third-order valence-electron chi connectivity index (χ3n) is 4.98. The zero-order chi connectivity index (χ0) is 19.9. The summed E-state index contributed by atoms with van der Waals surface area (Å²) in [7, 11) is -1.42. The number of hydrogen-bond donors (Lipinski definition) is 2. The van der Waals surface area contributed by atoms with E-state index in [-0.39, 0.29) is 16.4 Å². The van der Waals surface area contributed by atoms with Gasteiger partial charge >= 0.3 is 0 Å². The van der Waals surface area contributed by atoms with Crippen LogP contribution in [-0.2, 0) is 11.4 Å². The van der Waals surface area contributed by atoms with Crippen LogP contribution in [0, 0.1) is 11.5 Å². The predicted octanol–water partition coefficient (Wildman–Crippen LogP) is 3.52. The number of ether oxygens (including phenoxy) is 1. The Balaban J connectivity index is 1.94. The van der Waals surface area contributed by atoms with Gasteiger partial charge in [0.15, 0.2) is 0 Å². The monoisotopic (exact) mass is 404 g/mol. The van der Waals surface area contributed by atoms with E-state index in [1.165, 1.54) is 0 Å². The summed E-state index contributed by atoms with van der Waals surface area (Å²) >= 11 is -1.16. The molecule has 2 aliphatic rings. The molecular weight excluding hydrogens is 372 g/mol. The van der Waals surface area contributed by atoms with Gasteiger partial charge in [0, 0.05) is 35.3 Å². The summed E-state index contributed by atoms with van der Waals surface area (Å²) < 4.78 is 22.5. The SMILES string of the molecule is CC(C)(C)[S+]([O-])N[C@@H]1c2ccc(C#C[Si](C)(C)C)cc2OC12CCNCC2. The molecule has 3 rings (SSSR count). The Kier molecular flexibility index (Phi) is 5.73. The van der Waals surface area contributed by atoms with Crippen molar-refractivity contribution in [2.24, 2.45) is 0 Å². The van der Waals surface area contributed by atoms with E-state index in [0.29, 0.717) is 0 Å². The first-order chi connectivity index (χ1) is 12.5. The van der Waals surface area contributed by atoms with Crippen LogP contribution >= 0.6 is 0 Å². The van der Waals surface area contributed by atoms with Crippen LogP contribution in [-0.4, -0.2) is 36.1 Å². The van der Waals surface area contributed by atoms with Crippen molar-refractivity contribution >= 4 is 19.4 Å². The summed E-state index contributed by atoms with van der Waals surface area (Å²) in [6.45, 7) is 14.6. The highest BCUT2D eigenvalue weighted by atomic mass is 32.2. The zero-order valence-corrected chi connectivity index (χ0v) is 19.2. The highest BCUT2D eigenvalue weighted by Gasteiger charge is 2.51. The Bertz CT molecular complexity index is 752. The standard InChI is InChI=1S/C21H32N2O2SSi/c1-20(2,3)26(24)23-19-17-8-7-16(9-14-27(4,5)6)15-18(17)25-21(19)10-12-22-13-11-21/h7-8,15,19,22-23H,10-13H2,1-6H3/t19-,26?/m1/s1. The Hall–Kier alpha value is -0.973. The first-order valence-electron chi connectivity index (χ1n) is 9.75. The van der Waals surface area contributed by atoms with Crippen LogP contribution in [0.15, 0.2) is 18.2 Å². The van der Waals surface area contributed by atoms with Gasteiger partial charge in [-0.1, -0.05) is 31.6 Å². The van der Waals surface area contributed by atoms with E-state index in [9.17, 15) is 4.55 Å². The molecule has 0 aromatic heterocycles. The third-order valence-corrected chi connectivity index (χ3v) is 7.41. The third kappa shape index (κ3) is 4.72. The van der Waals surface area contributed by atoms with E-state index in [0.717, 1.165) is 42.8 Å². The maximum Gasteiger partial charge on any atom is 0.136 e. The minimum Gasteiger partial charge on any atom is -0.598 e. The first-order valence-corrected chi connectivity index (χ1v) is 14.4. The average Bonchev–Trinajstić information content (AvgIpc) is 2.84. The second-order valence-electron chi connectivity index (χ2n) is 9.60. The van der Waals surface area contributed by atoms with E-state index >= 15 is 0 Å². The molecular formula is C21H32N2O2SSi. The maximum absolute atomic E-state index is 12.8. The van der Waals surface area contributed by atoms with Crippen molar-refractivity contribution in [3.8, 4) is 17.2 Å². The van der Waals surface area contributed by atoms with Crippen LogP contribution in [0.5, 0.6) is 5.75 Å². The van der Waals surface area contributed by atoms with Crippen LogP contribution in [0.2, 0.25) is 19.6 Å². The molecule has 0 aliphatic carbocycles. The lowest BCUT2D eigenvalue weighted by Crippen LogP contribution is -2.54. The molecule has 2 heterocycles. The largest absolute Gasteiger partial charge is 0.598 e. The lowest BCUT2D eigenvalue weighted by molar-refractivity contribution is 0.0319. The van der Waals surface area contributed by atoms with Gasteiger partial charge in [0.25, 0.3) is 0 Å². The van der Waals surface area contributed by atoms with Crippen molar-refractivity contribution in [3.63, 3.8) is 0 Å². The molecule has 1 aromatic carbocycles. The second kappa shape index (κ2) is 7.45. The van der Waals surface area contributed by atoms with Crippen molar-refractivity contribution in [3.05, 3.63) is 29.3 Å². The van der Waals surface area contributed by atoms with Crippen LogP contribution in [0.25, 0.3) is 0 Å². The Morgan fingerprint density at radius 1 is 1.26 bits per heavy atom. The van der Waals surface area contributed by atoms with Crippen LogP contribution < -0.4 is 14.8 Å². The van der Waals surface area contributed by atoms with Crippen molar-refractivity contribution in [2.75, 3.05) is 13.1 Å². The van der Waals surface area contributed by atoms with Gasteiger partial charge in [0.2, 0.25) is 0 Å². The van der Waals surface area contributed by atoms with Gasteiger partial charge < -0.3 is 14.6 Å². The fourth-order valence-corrected chi connectivity index (χ4v) is 4.88. The number of hydrogen-bond acceptors (Lipinski definition) is 4.